The molecule has 0 amide bonds. The van der Waals surface area contributed by atoms with Gasteiger partial charge in [0.15, 0.2) is 17.7 Å². The number of hydrogen-bond acceptors (Lipinski definition) is 16. The Morgan fingerprint density at radius 2 is 1.83 bits per heavy atom. The van der Waals surface area contributed by atoms with E-state index in [4.69, 9.17) is 52.3 Å². The summed E-state index contributed by atoms with van der Waals surface area (Å²) in [6.07, 6.45) is 0.277. The molecular formula is C36H54FN6O12P2SSi2+. The minimum Gasteiger partial charge on any atom is -0.474 e. The molecule has 2 N–H and O–H groups in total. The van der Waals surface area contributed by atoms with Gasteiger partial charge in [-0.05, 0) is 40.4 Å². The summed E-state index contributed by atoms with van der Waals surface area (Å²) in [6, 6.07) is 3.64. The molecule has 330 valence electrons. The van der Waals surface area contributed by atoms with Gasteiger partial charge in [-0.1, -0.05) is 55.4 Å². The summed E-state index contributed by atoms with van der Waals surface area (Å²) in [5.41, 5.74) is -0.795. The van der Waals surface area contributed by atoms with Crippen molar-refractivity contribution in [3.05, 3.63) is 47.3 Å². The van der Waals surface area contributed by atoms with E-state index < -0.39 is 86.1 Å². The molecule has 3 fully saturated rings. The monoisotopic (exact) mass is 931 g/mol. The van der Waals surface area contributed by atoms with Crippen LogP contribution in [0.2, 0.25) is 22.2 Å². The van der Waals surface area contributed by atoms with E-state index in [0.29, 0.717) is 12.3 Å². The summed E-state index contributed by atoms with van der Waals surface area (Å²) >= 11 is 6.12. The van der Waals surface area contributed by atoms with Crippen molar-refractivity contribution in [1.29, 1.82) is 5.26 Å². The molecule has 9 atom stereocenters. The van der Waals surface area contributed by atoms with E-state index in [9.17, 15) is 19.5 Å². The molecule has 2 aliphatic heterocycles. The number of nitrogens with one attached hydrogen (secondary N) is 1. The van der Waals surface area contributed by atoms with E-state index >= 15 is 4.39 Å². The lowest BCUT2D eigenvalue weighted by Crippen LogP contribution is -2.65. The zero-order valence-corrected chi connectivity index (χ0v) is 39.4. The first-order valence-corrected chi connectivity index (χ1v) is 27.7. The Labute approximate surface area is 356 Å². The fraction of sp³-hybridized carbons (Fsp3) is 0.694. The Hall–Kier alpha value is -2.46. The smallest absolute Gasteiger partial charge is 0.474 e. The maximum absolute atomic E-state index is 15.7. The number of nitriles is 1. The van der Waals surface area contributed by atoms with Crippen LogP contribution in [0, 0.1) is 23.1 Å². The molecule has 1 unspecified atom stereocenters. The zero-order chi connectivity index (χ0) is 43.6. The van der Waals surface area contributed by atoms with Gasteiger partial charge in [-0.3, -0.25) is 9.32 Å². The van der Waals surface area contributed by atoms with Crippen molar-refractivity contribution in [2.75, 3.05) is 19.8 Å². The van der Waals surface area contributed by atoms with Gasteiger partial charge in [0.2, 0.25) is 5.88 Å². The Morgan fingerprint density at radius 1 is 1.12 bits per heavy atom. The van der Waals surface area contributed by atoms with E-state index in [1.807, 2.05) is 6.07 Å². The number of halogens is 1. The summed E-state index contributed by atoms with van der Waals surface area (Å²) in [7, 11) is -9.34. The van der Waals surface area contributed by atoms with Gasteiger partial charge in [0.1, 0.15) is 42.2 Å². The minimum absolute atomic E-state index is 0.0102. The van der Waals surface area contributed by atoms with Crippen LogP contribution in [0.1, 0.15) is 80.9 Å². The van der Waals surface area contributed by atoms with Crippen LogP contribution in [0.3, 0.4) is 0 Å². The molecule has 0 radical (unpaired) electrons. The fourth-order valence-electron chi connectivity index (χ4n) is 8.41. The molecule has 0 bridgehead atoms. The molecule has 2 saturated heterocycles. The molecule has 6 rings (SSSR count). The molecule has 24 heteroatoms. The molecule has 3 aliphatic rings. The van der Waals surface area contributed by atoms with Gasteiger partial charge in [-0.15, -0.1) is 9.42 Å². The Morgan fingerprint density at radius 3 is 2.47 bits per heavy atom. The summed E-state index contributed by atoms with van der Waals surface area (Å²) in [6.45, 7) is 12.4. The number of hydrogen-bond donors (Lipinski definition) is 2. The van der Waals surface area contributed by atoms with Gasteiger partial charge in [0.25, 0.3) is 5.56 Å². The molecule has 18 nitrogen and oxygen atoms in total. The highest BCUT2D eigenvalue weighted by Crippen LogP contribution is 2.57. The molecule has 0 aromatic carbocycles. The molecule has 0 spiro atoms. The van der Waals surface area contributed by atoms with Crippen molar-refractivity contribution in [3.8, 4) is 11.9 Å². The van der Waals surface area contributed by atoms with Crippen LogP contribution >= 0.6 is 15.0 Å². The van der Waals surface area contributed by atoms with E-state index in [0.717, 1.165) is 6.20 Å². The number of H-pyrrole nitrogens is 1. The van der Waals surface area contributed by atoms with Gasteiger partial charge >= 0.3 is 32.1 Å². The molecule has 3 aromatic rings. The third-order valence-corrected chi connectivity index (χ3v) is 24.3. The topological polar surface area (TPSA) is 221 Å². The largest absolute Gasteiger partial charge is 0.695 e. The number of fused-ring (bicyclic) bond motifs is 2. The number of rotatable bonds is 17. The van der Waals surface area contributed by atoms with Crippen molar-refractivity contribution < 1.29 is 54.4 Å². The van der Waals surface area contributed by atoms with Crippen molar-refractivity contribution >= 4 is 54.9 Å². The maximum atomic E-state index is 15.7. The van der Waals surface area contributed by atoms with Crippen molar-refractivity contribution in [3.63, 3.8) is 0 Å². The normalized spacial score (nSPS) is 27.8. The molecular weight excluding hydrogens is 878 g/mol. The first-order valence-electron chi connectivity index (χ1n) is 20.0. The first-order chi connectivity index (χ1) is 28.4. The van der Waals surface area contributed by atoms with Crippen LogP contribution in [-0.2, 0) is 52.2 Å². The molecule has 1 saturated carbocycles. The Balaban J connectivity index is 1.41. The van der Waals surface area contributed by atoms with Gasteiger partial charge in [0.05, 0.1) is 38.6 Å². The van der Waals surface area contributed by atoms with Crippen LogP contribution in [-0.4, -0.2) is 96.9 Å². The lowest BCUT2D eigenvalue weighted by molar-refractivity contribution is -0.0568. The quantitative estimate of drug-likeness (QED) is 0.0794. The molecule has 60 heavy (non-hydrogen) atoms. The van der Waals surface area contributed by atoms with E-state index in [2.05, 4.69) is 75.3 Å². The predicted octanol–water partition coefficient (Wildman–Crippen LogP) is 6.96. The van der Waals surface area contributed by atoms with Gasteiger partial charge in [0, 0.05) is 35.4 Å². The second-order valence-electron chi connectivity index (χ2n) is 16.4. The number of aromatic amines is 1. The van der Waals surface area contributed by atoms with Gasteiger partial charge < -0.3 is 41.0 Å². The lowest BCUT2D eigenvalue weighted by Gasteiger charge is -2.51. The summed E-state index contributed by atoms with van der Waals surface area (Å²) in [5, 5.41) is 9.19. The molecule has 5 heterocycles. The average Bonchev–Trinajstić information content (AvgIpc) is 3.82. The van der Waals surface area contributed by atoms with E-state index in [1.54, 1.807) is 6.07 Å². The highest BCUT2D eigenvalue weighted by atomic mass is 32.5. The van der Waals surface area contributed by atoms with Crippen LogP contribution in [0.25, 0.3) is 11.0 Å². The average molecular weight is 932 g/mol. The Bertz CT molecular complexity index is 2100. The van der Waals surface area contributed by atoms with Crippen molar-refractivity contribution in [2.45, 2.75) is 134 Å². The second-order valence-corrected chi connectivity index (χ2v) is 28.9. The van der Waals surface area contributed by atoms with Crippen LogP contribution < -0.4 is 10.3 Å². The van der Waals surface area contributed by atoms with E-state index in [1.165, 1.54) is 23.4 Å². The number of aromatic nitrogens is 5. The van der Waals surface area contributed by atoms with Crippen LogP contribution in [0.15, 0.2) is 35.9 Å². The number of nitrogens with zero attached hydrogens (tertiary/aromatic N) is 5. The van der Waals surface area contributed by atoms with Gasteiger partial charge in [-0.25, -0.2) is 19.3 Å². The van der Waals surface area contributed by atoms with Crippen molar-refractivity contribution in [2.24, 2.45) is 5.92 Å². The fourth-order valence-corrected chi connectivity index (χ4v) is 22.2. The Kier molecular flexibility index (Phi) is 15.3. The second kappa shape index (κ2) is 19.5. The summed E-state index contributed by atoms with van der Waals surface area (Å²) in [5.74, 6) is -1.04. The van der Waals surface area contributed by atoms with Crippen LogP contribution in [0.4, 0.5) is 4.39 Å². The number of ether oxygens (including phenoxy) is 2. The van der Waals surface area contributed by atoms with Gasteiger partial charge in [-0.2, -0.15) is 5.26 Å². The summed E-state index contributed by atoms with van der Waals surface area (Å²) in [4.78, 5) is 37.4. The lowest BCUT2D eigenvalue weighted by atomic mass is 10.1. The maximum Gasteiger partial charge on any atom is 0.695 e. The predicted molar refractivity (Wildman–Crippen MR) is 223 cm³/mol. The molecule has 1 aliphatic carbocycles. The first kappa shape index (κ1) is 47.0. The highest BCUT2D eigenvalue weighted by molar-refractivity contribution is 8.07. The third kappa shape index (κ3) is 9.85. The summed E-state index contributed by atoms with van der Waals surface area (Å²) < 4.78 is 88.5. The zero-order valence-electron chi connectivity index (χ0n) is 34.8. The molecule has 3 aromatic heterocycles. The third-order valence-electron chi connectivity index (χ3n) is 11.3. The standard InChI is InChI=1S/C36H53FN6O12P2SSi2/c1-21(2)59(22(3)4)49-18-29-32(54-60(55-59,23(5)6)24(7)8)33(36(51-29)43-16-27(37)31-34(43)41-20-42-35(31)44)53-57(58,47-13-9-11-38)48-17-25-14-26(15-28(25)52-56(45)46)50-30-10-12-39-19-40-30/h10,12,16,19-26,28-29,32-33,36H,9,13-15,17-18H2,1-8H3,(H-,41,42,44,45,46)/p+1/t25-,26-,28+,29-,32-,33-,36-,57+/m1/s1. The van der Waals surface area contributed by atoms with Crippen LogP contribution in [0.5, 0.6) is 5.88 Å². The van der Waals surface area contributed by atoms with Crippen molar-refractivity contribution in [1.82, 2.24) is 24.5 Å². The van der Waals surface area contributed by atoms with E-state index in [-0.39, 0.29) is 65.9 Å². The SMILES string of the molecule is CC(C)[Si]1(C(C)C)OC[C@H]2O[C@@H](n3cc(F)c4c(=O)[nH]cnc43)[C@H](O[P@](=S)(OCCC#N)OC[C@H]3C[C@@H](Oc4ccncn4)C[C@@H]3O[P+](=O)O)[C@@H]2O[Si](C(C)C)(C(C)C)O1. The minimum atomic E-state index is -3.94. The highest BCUT2D eigenvalue weighted by Gasteiger charge is 2.63.